The van der Waals surface area contributed by atoms with E-state index in [-0.39, 0.29) is 0 Å². The Balaban J connectivity index is 0.0000000845. The molecule has 0 saturated heterocycles. The van der Waals surface area contributed by atoms with Gasteiger partial charge in [0.1, 0.15) is 11.3 Å². The van der Waals surface area contributed by atoms with Crippen LogP contribution < -0.4 is 0 Å². The molecule has 32 rings (SSSR count). The molecule has 592 valence electrons. The van der Waals surface area contributed by atoms with Crippen molar-refractivity contribution in [3.8, 4) is 22.7 Å². The second kappa shape index (κ2) is 26.0. The summed E-state index contributed by atoms with van der Waals surface area (Å²) in [5.41, 5.74) is 27.2. The normalized spacial score (nSPS) is 12.4. The van der Waals surface area contributed by atoms with Crippen LogP contribution in [-0.2, 0) is 0 Å². The molecule has 0 unspecified atom stereocenters. The number of fused-ring (bicyclic) bond motifs is 35. The van der Waals surface area contributed by atoms with Gasteiger partial charge in [0.05, 0.1) is 99.2 Å². The van der Waals surface area contributed by atoms with Crippen LogP contribution in [0.1, 0.15) is 0 Å². The van der Waals surface area contributed by atoms with Crippen LogP contribution in [0.5, 0.6) is 0 Å². The highest BCUT2D eigenvalue weighted by Crippen LogP contribution is 2.50. The zero-order valence-corrected chi connectivity index (χ0v) is 68.6. The first kappa shape index (κ1) is 69.1. The van der Waals surface area contributed by atoms with Crippen molar-refractivity contribution >= 4 is 240 Å². The quantitative estimate of drug-likeness (QED) is 0.176. The highest BCUT2D eigenvalue weighted by molar-refractivity contribution is 6.36. The van der Waals surface area contributed by atoms with Crippen LogP contribution in [0.25, 0.3) is 262 Å². The fourth-order valence-corrected chi connectivity index (χ4v) is 22.3. The molecular weight excluding hydrogens is 1560 g/mol. The smallest absolute Gasteiger partial charge is 0.145 e. The van der Waals surface area contributed by atoms with Crippen molar-refractivity contribution in [3.63, 3.8) is 0 Å². The van der Waals surface area contributed by atoms with E-state index >= 15 is 0 Å². The SMILES string of the molecule is c1ccc(-n2c3ccccc3c3cc4c5cnc6ccccc6c5n5ccc(c32)c45)cc1.c1ccc(-n2c3ccccc3c3cc4ccn5c6c7ccccc7cnc6c(c32)c45)cc1.c1ccc(-n2c3ccccc3c3cc4ccn5c6nc7ccccc7cc6c(c32)c45)cc1.c1ccc(-n2c3ccccc3c3cc4ccn5c6ncc7ccccc7c6c(c32)c45)cc1. The first-order chi connectivity index (χ1) is 63.6. The van der Waals surface area contributed by atoms with E-state index in [1.807, 2.05) is 18.6 Å². The summed E-state index contributed by atoms with van der Waals surface area (Å²) in [4.78, 5) is 19.8. The molecule has 0 spiro atoms. The molecule has 12 nitrogen and oxygen atoms in total. The Labute approximate surface area is 726 Å². The summed E-state index contributed by atoms with van der Waals surface area (Å²) in [6, 6.07) is 132. The number of hydrogen-bond acceptors (Lipinski definition) is 4. The summed E-state index contributed by atoms with van der Waals surface area (Å²) < 4.78 is 18.9. The standard InChI is InChI=1S/4C29H17N3/c1-2-9-20(10-3-1)32-25-13-7-5-11-21(25)22-17-19-14-15-31-27(19)26(28(22)32)23-16-18-8-4-6-12-24(18)30-29(23)31;1-2-8-18(9-3-1)32-26-13-7-5-10-19(26)22-16-23-24-17-30-25-12-6-4-11-20(25)27(24)31-15-14-21(28(23)31)29(22)32;1-2-9-20(10-3-1)32-24-13-7-6-12-22(24)23-16-18-14-15-31-27(18)25(28(23)32)26-29(31)21-11-5-4-8-19(21)17-30-26;1-2-9-20(10-3-1)32-24-13-7-6-12-22(24)23-16-18-14-15-31-27(18)26(28(23)32)25-21-11-5-4-8-19(21)17-30-29(25)31/h4*1-17H. The van der Waals surface area contributed by atoms with Crippen LogP contribution in [0.15, 0.2) is 413 Å². The van der Waals surface area contributed by atoms with Crippen LogP contribution in [0.2, 0.25) is 0 Å². The average Bonchev–Trinajstić information content (AvgIpc) is 1.54. The number of hydrogen-bond donors (Lipinski definition) is 0. The maximum Gasteiger partial charge on any atom is 0.145 e. The Hall–Kier alpha value is -17.5. The van der Waals surface area contributed by atoms with E-state index < -0.39 is 0 Å². The predicted molar refractivity (Wildman–Crippen MR) is 533 cm³/mol. The maximum atomic E-state index is 5.08. The molecule has 0 fully saturated rings. The number of para-hydroxylation sites is 10. The maximum absolute atomic E-state index is 5.08. The zero-order chi connectivity index (χ0) is 83.2. The molecule has 0 aliphatic heterocycles. The highest BCUT2D eigenvalue weighted by atomic mass is 15.0. The Morgan fingerprint density at radius 2 is 0.547 bits per heavy atom. The molecule has 0 aliphatic rings. The third-order valence-corrected chi connectivity index (χ3v) is 27.5. The van der Waals surface area contributed by atoms with E-state index in [1.54, 1.807) is 0 Å². The second-order valence-electron chi connectivity index (χ2n) is 34.0. The van der Waals surface area contributed by atoms with E-state index in [2.05, 4.69) is 431 Å². The fraction of sp³-hybridized carbons (Fsp3) is 0. The summed E-state index contributed by atoms with van der Waals surface area (Å²) in [6.45, 7) is 0. The van der Waals surface area contributed by atoms with Crippen LogP contribution in [0.4, 0.5) is 0 Å². The largest absolute Gasteiger partial charge is 0.314 e. The van der Waals surface area contributed by atoms with Crippen molar-refractivity contribution in [2.45, 2.75) is 0 Å². The lowest BCUT2D eigenvalue weighted by atomic mass is 10.0. The highest BCUT2D eigenvalue weighted by Gasteiger charge is 2.29. The molecule has 16 heterocycles. The van der Waals surface area contributed by atoms with Gasteiger partial charge in [-0.05, 0) is 145 Å². The molecule has 128 heavy (non-hydrogen) atoms. The average molecular weight is 1630 g/mol. The Morgan fingerprint density at radius 3 is 1.11 bits per heavy atom. The number of pyridine rings is 4. The molecule has 0 amide bonds. The van der Waals surface area contributed by atoms with Gasteiger partial charge in [-0.25, -0.2) is 9.97 Å². The fourth-order valence-electron chi connectivity index (χ4n) is 22.3. The number of aromatic nitrogens is 12. The molecule has 0 radical (unpaired) electrons. The van der Waals surface area contributed by atoms with Crippen LogP contribution in [0, 0.1) is 0 Å². The van der Waals surface area contributed by atoms with E-state index in [4.69, 9.17) is 19.9 Å². The third-order valence-electron chi connectivity index (χ3n) is 27.5. The monoisotopic (exact) mass is 1630 g/mol. The minimum atomic E-state index is 1.02. The van der Waals surface area contributed by atoms with Crippen LogP contribution in [0.3, 0.4) is 0 Å². The van der Waals surface area contributed by atoms with Crippen molar-refractivity contribution in [2.75, 3.05) is 0 Å². The van der Waals surface area contributed by atoms with Gasteiger partial charge >= 0.3 is 0 Å². The predicted octanol–water partition coefficient (Wildman–Crippen LogP) is 29.3. The van der Waals surface area contributed by atoms with Gasteiger partial charge in [-0.1, -0.05) is 231 Å². The minimum Gasteiger partial charge on any atom is -0.314 e. The first-order valence-corrected chi connectivity index (χ1v) is 43.6. The van der Waals surface area contributed by atoms with E-state index in [1.165, 1.54) is 235 Å². The minimum absolute atomic E-state index is 1.02. The molecule has 16 aromatic carbocycles. The summed E-state index contributed by atoms with van der Waals surface area (Å²) >= 11 is 0. The molecule has 0 N–H and O–H groups in total. The van der Waals surface area contributed by atoms with Gasteiger partial charge in [0.15, 0.2) is 0 Å². The Bertz CT molecular complexity index is 10100. The summed E-state index contributed by atoms with van der Waals surface area (Å²) in [5.74, 6) is 0. The topological polar surface area (TPSA) is 88.9 Å². The van der Waals surface area contributed by atoms with Crippen LogP contribution >= 0.6 is 0 Å². The van der Waals surface area contributed by atoms with Crippen molar-refractivity contribution in [1.82, 2.24) is 55.8 Å². The molecule has 12 heteroatoms. The summed E-state index contributed by atoms with van der Waals surface area (Å²) in [6.07, 6.45) is 14.8. The van der Waals surface area contributed by atoms with Gasteiger partial charge in [-0.3, -0.25) is 18.8 Å². The van der Waals surface area contributed by atoms with Gasteiger partial charge in [-0.2, -0.15) is 0 Å². The lowest BCUT2D eigenvalue weighted by Gasteiger charge is -2.09. The Morgan fingerprint density at radius 1 is 0.172 bits per heavy atom. The number of nitrogens with zero attached hydrogens (tertiary/aromatic N) is 12. The number of benzene rings is 16. The van der Waals surface area contributed by atoms with E-state index in [9.17, 15) is 0 Å². The molecule has 0 atom stereocenters. The molecule has 0 aliphatic carbocycles. The zero-order valence-electron chi connectivity index (χ0n) is 68.6. The molecule has 16 aromatic heterocycles. The van der Waals surface area contributed by atoms with Gasteiger partial charge in [0, 0.05) is 190 Å². The summed E-state index contributed by atoms with van der Waals surface area (Å²) in [5, 5.41) is 31.1. The molecule has 0 saturated carbocycles. The summed E-state index contributed by atoms with van der Waals surface area (Å²) in [7, 11) is 0. The molecule has 0 bridgehead atoms. The van der Waals surface area contributed by atoms with E-state index in [0.717, 1.165) is 27.8 Å². The van der Waals surface area contributed by atoms with E-state index in [0.29, 0.717) is 0 Å². The van der Waals surface area contributed by atoms with Crippen molar-refractivity contribution in [1.29, 1.82) is 0 Å². The Kier molecular flexibility index (Phi) is 14.1. The lowest BCUT2D eigenvalue weighted by molar-refractivity contribution is 1.19. The van der Waals surface area contributed by atoms with Crippen molar-refractivity contribution < 1.29 is 0 Å². The first-order valence-electron chi connectivity index (χ1n) is 43.6. The number of rotatable bonds is 4. The molecular formula is C116H68N12. The van der Waals surface area contributed by atoms with Crippen molar-refractivity contribution in [2.24, 2.45) is 0 Å². The van der Waals surface area contributed by atoms with Crippen LogP contribution in [-0.4, -0.2) is 55.8 Å². The van der Waals surface area contributed by atoms with Gasteiger partial charge in [0.25, 0.3) is 0 Å². The molecule has 32 aromatic rings. The van der Waals surface area contributed by atoms with Gasteiger partial charge in [0.2, 0.25) is 0 Å². The lowest BCUT2D eigenvalue weighted by Crippen LogP contribution is -1.93. The third kappa shape index (κ3) is 9.39. The van der Waals surface area contributed by atoms with Gasteiger partial charge in [-0.15, -0.1) is 0 Å². The van der Waals surface area contributed by atoms with Gasteiger partial charge < -0.3 is 27.1 Å². The second-order valence-corrected chi connectivity index (χ2v) is 34.0. The van der Waals surface area contributed by atoms with Crippen molar-refractivity contribution in [3.05, 3.63) is 413 Å².